The van der Waals surface area contributed by atoms with Crippen molar-refractivity contribution in [2.75, 3.05) is 0 Å². The van der Waals surface area contributed by atoms with E-state index in [0.29, 0.717) is 11.3 Å². The summed E-state index contributed by atoms with van der Waals surface area (Å²) in [5.74, 6) is -0.432. The van der Waals surface area contributed by atoms with E-state index < -0.39 is 11.7 Å². The maximum Gasteiger partial charge on any atom is 0.416 e. The second-order valence-corrected chi connectivity index (χ2v) is 3.80. The summed E-state index contributed by atoms with van der Waals surface area (Å²) in [5.41, 5.74) is -0.00983. The lowest BCUT2D eigenvalue weighted by atomic mass is 10.1. The predicted octanol–water partition coefficient (Wildman–Crippen LogP) is 2.76. The fraction of sp³-hybridized carbons (Fsp3) is 0.167. The molecule has 0 spiro atoms. The first-order valence-corrected chi connectivity index (χ1v) is 5.26. The molecule has 98 valence electrons. The van der Waals surface area contributed by atoms with Gasteiger partial charge in [0.25, 0.3) is 0 Å². The van der Waals surface area contributed by atoms with E-state index in [4.69, 9.17) is 0 Å². The molecule has 19 heavy (non-hydrogen) atoms. The molecule has 0 saturated heterocycles. The number of hydrogen-bond acceptors (Lipinski definition) is 4. The molecule has 0 atom stereocenters. The zero-order chi connectivity index (χ0) is 14.0. The maximum absolute atomic E-state index is 12.4. The maximum atomic E-state index is 12.4. The molecular formula is C12H8F3N3O. The van der Waals surface area contributed by atoms with Gasteiger partial charge in [0, 0.05) is 12.5 Å². The van der Waals surface area contributed by atoms with E-state index in [2.05, 4.69) is 15.2 Å². The van der Waals surface area contributed by atoms with Crippen LogP contribution in [-0.2, 0) is 6.18 Å². The largest absolute Gasteiger partial charge is 0.416 e. The van der Waals surface area contributed by atoms with E-state index >= 15 is 0 Å². The Balaban J connectivity index is 2.37. The fourth-order valence-electron chi connectivity index (χ4n) is 1.42. The van der Waals surface area contributed by atoms with Crippen LogP contribution in [0.3, 0.4) is 0 Å². The molecule has 0 amide bonds. The Hall–Kier alpha value is -2.31. The Morgan fingerprint density at radius 2 is 1.79 bits per heavy atom. The molecule has 1 aromatic heterocycles. The van der Waals surface area contributed by atoms with E-state index in [-0.39, 0.29) is 11.6 Å². The highest BCUT2D eigenvalue weighted by atomic mass is 19.4. The van der Waals surface area contributed by atoms with Crippen LogP contribution in [0.15, 0.2) is 30.5 Å². The van der Waals surface area contributed by atoms with Crippen molar-refractivity contribution in [3.05, 3.63) is 41.9 Å². The van der Waals surface area contributed by atoms with Crippen molar-refractivity contribution in [3.8, 4) is 11.3 Å². The summed E-state index contributed by atoms with van der Waals surface area (Å²) in [7, 11) is 0. The molecular weight excluding hydrogens is 259 g/mol. The summed E-state index contributed by atoms with van der Waals surface area (Å²) in [6.45, 7) is 1.29. The summed E-state index contributed by atoms with van der Waals surface area (Å²) in [6.07, 6.45) is -3.10. The highest BCUT2D eigenvalue weighted by Crippen LogP contribution is 2.30. The van der Waals surface area contributed by atoms with E-state index in [1.165, 1.54) is 25.3 Å². The van der Waals surface area contributed by atoms with Crippen LogP contribution in [0.2, 0.25) is 0 Å². The lowest BCUT2D eigenvalue weighted by Gasteiger charge is -2.07. The number of alkyl halides is 3. The third-order valence-corrected chi connectivity index (χ3v) is 2.38. The van der Waals surface area contributed by atoms with Crippen molar-refractivity contribution in [1.29, 1.82) is 0 Å². The monoisotopic (exact) mass is 267 g/mol. The number of rotatable bonds is 2. The van der Waals surface area contributed by atoms with Gasteiger partial charge in [0.1, 0.15) is 0 Å². The molecule has 2 rings (SSSR count). The Kier molecular flexibility index (Phi) is 3.28. The summed E-state index contributed by atoms with van der Waals surface area (Å²) >= 11 is 0. The van der Waals surface area contributed by atoms with Crippen LogP contribution in [0.1, 0.15) is 23.1 Å². The molecule has 1 heterocycles. The Morgan fingerprint density at radius 3 is 2.32 bits per heavy atom. The SMILES string of the molecule is CC(=O)c1nncc(-c2ccc(C(F)(F)F)cc2)n1. The average molecular weight is 267 g/mol. The lowest BCUT2D eigenvalue weighted by Crippen LogP contribution is -2.05. The van der Waals surface area contributed by atoms with Crippen LogP contribution in [0.5, 0.6) is 0 Å². The minimum atomic E-state index is -4.38. The first kappa shape index (κ1) is 13.1. The number of halogens is 3. The zero-order valence-electron chi connectivity index (χ0n) is 9.77. The molecule has 0 aliphatic rings. The molecule has 0 aliphatic heterocycles. The van der Waals surface area contributed by atoms with Gasteiger partial charge in [-0.15, -0.1) is 5.10 Å². The number of carbonyl (C=O) groups excluding carboxylic acids is 1. The van der Waals surface area contributed by atoms with Gasteiger partial charge < -0.3 is 0 Å². The number of ketones is 1. The van der Waals surface area contributed by atoms with Gasteiger partial charge in [-0.25, -0.2) is 4.98 Å². The highest BCUT2D eigenvalue weighted by molar-refractivity contribution is 5.90. The van der Waals surface area contributed by atoms with Crippen LogP contribution in [0.25, 0.3) is 11.3 Å². The number of hydrogen-bond donors (Lipinski definition) is 0. The quantitative estimate of drug-likeness (QED) is 0.785. The molecule has 0 bridgehead atoms. The molecule has 0 radical (unpaired) electrons. The van der Waals surface area contributed by atoms with E-state index in [1.54, 1.807) is 0 Å². The van der Waals surface area contributed by atoms with E-state index in [0.717, 1.165) is 12.1 Å². The Morgan fingerprint density at radius 1 is 1.16 bits per heavy atom. The number of carbonyl (C=O) groups is 1. The molecule has 0 saturated carbocycles. The van der Waals surface area contributed by atoms with Gasteiger partial charge in [-0.05, 0) is 12.1 Å². The van der Waals surface area contributed by atoms with Crippen LogP contribution in [-0.4, -0.2) is 21.0 Å². The lowest BCUT2D eigenvalue weighted by molar-refractivity contribution is -0.137. The third-order valence-electron chi connectivity index (χ3n) is 2.38. The van der Waals surface area contributed by atoms with Gasteiger partial charge in [-0.2, -0.15) is 18.3 Å². The average Bonchev–Trinajstić information content (AvgIpc) is 2.38. The van der Waals surface area contributed by atoms with Crippen molar-refractivity contribution >= 4 is 5.78 Å². The van der Waals surface area contributed by atoms with Crippen LogP contribution >= 0.6 is 0 Å². The molecule has 2 aromatic rings. The second-order valence-electron chi connectivity index (χ2n) is 3.80. The molecule has 4 nitrogen and oxygen atoms in total. The topological polar surface area (TPSA) is 55.7 Å². The minimum absolute atomic E-state index is 0.0719. The molecule has 1 aromatic carbocycles. The minimum Gasteiger partial charge on any atom is -0.291 e. The first-order valence-electron chi connectivity index (χ1n) is 5.26. The van der Waals surface area contributed by atoms with Crippen molar-refractivity contribution < 1.29 is 18.0 Å². The molecule has 0 N–H and O–H groups in total. The van der Waals surface area contributed by atoms with Gasteiger partial charge in [0.05, 0.1) is 17.5 Å². The number of benzene rings is 1. The van der Waals surface area contributed by atoms with Gasteiger partial charge in [-0.3, -0.25) is 4.79 Å². The summed E-state index contributed by atoms with van der Waals surface area (Å²) in [5, 5.41) is 7.13. The van der Waals surface area contributed by atoms with Crippen LogP contribution in [0, 0.1) is 0 Å². The first-order chi connectivity index (χ1) is 8.88. The van der Waals surface area contributed by atoms with Crippen LogP contribution < -0.4 is 0 Å². The smallest absolute Gasteiger partial charge is 0.291 e. The standard InChI is InChI=1S/C12H8F3N3O/c1-7(19)11-17-10(6-16-18-11)8-2-4-9(5-3-8)12(13,14)15/h2-6H,1H3. The Bertz CT molecular complexity index is 608. The van der Waals surface area contributed by atoms with Crippen molar-refractivity contribution in [3.63, 3.8) is 0 Å². The third kappa shape index (κ3) is 2.93. The number of nitrogens with zero attached hydrogens (tertiary/aromatic N) is 3. The number of Topliss-reactive ketones (excluding diaryl/α,β-unsaturated/α-hetero) is 1. The highest BCUT2D eigenvalue weighted by Gasteiger charge is 2.30. The van der Waals surface area contributed by atoms with Gasteiger partial charge in [0.15, 0.2) is 5.78 Å². The molecule has 0 fully saturated rings. The normalized spacial score (nSPS) is 11.4. The molecule has 0 unspecified atom stereocenters. The van der Waals surface area contributed by atoms with E-state index in [1.807, 2.05) is 0 Å². The van der Waals surface area contributed by atoms with Gasteiger partial charge in [-0.1, -0.05) is 12.1 Å². The van der Waals surface area contributed by atoms with Crippen LogP contribution in [0.4, 0.5) is 13.2 Å². The molecule has 7 heteroatoms. The summed E-state index contributed by atoms with van der Waals surface area (Å²) in [6, 6.07) is 4.45. The summed E-state index contributed by atoms with van der Waals surface area (Å²) < 4.78 is 37.2. The van der Waals surface area contributed by atoms with Gasteiger partial charge >= 0.3 is 6.18 Å². The number of aromatic nitrogens is 3. The van der Waals surface area contributed by atoms with Crippen molar-refractivity contribution in [2.24, 2.45) is 0 Å². The predicted molar refractivity (Wildman–Crippen MR) is 60.3 cm³/mol. The zero-order valence-corrected chi connectivity index (χ0v) is 9.77. The fourth-order valence-corrected chi connectivity index (χ4v) is 1.42. The second kappa shape index (κ2) is 4.75. The van der Waals surface area contributed by atoms with Crippen molar-refractivity contribution in [1.82, 2.24) is 15.2 Å². The Labute approximate surface area is 106 Å². The van der Waals surface area contributed by atoms with E-state index in [9.17, 15) is 18.0 Å². The van der Waals surface area contributed by atoms with Crippen molar-refractivity contribution in [2.45, 2.75) is 13.1 Å². The van der Waals surface area contributed by atoms with Gasteiger partial charge in [0.2, 0.25) is 5.82 Å². The summed E-state index contributed by atoms with van der Waals surface area (Å²) in [4.78, 5) is 15.0. The molecule has 0 aliphatic carbocycles.